The van der Waals surface area contributed by atoms with E-state index in [0.29, 0.717) is 0 Å². The minimum absolute atomic E-state index is 0.0367. The molecule has 0 saturated carbocycles. The number of carbonyl (C=O) groups excluding carboxylic acids is 2. The van der Waals surface area contributed by atoms with Gasteiger partial charge in [0.15, 0.2) is 0 Å². The highest BCUT2D eigenvalue weighted by molar-refractivity contribution is 6.29. The van der Waals surface area contributed by atoms with E-state index in [1.165, 1.54) is 6.07 Å². The molecule has 0 atom stereocenters. The van der Waals surface area contributed by atoms with Crippen molar-refractivity contribution >= 4 is 29.2 Å². The van der Waals surface area contributed by atoms with E-state index in [1.54, 1.807) is 6.92 Å². The third-order valence-corrected chi connectivity index (χ3v) is 2.12. The second kappa shape index (κ2) is 6.20. The Balaban J connectivity index is 3.03. The molecule has 4 nitrogen and oxygen atoms in total. The van der Waals surface area contributed by atoms with Crippen molar-refractivity contribution in [1.82, 2.24) is 0 Å². The Morgan fingerprint density at radius 1 is 1.47 bits per heavy atom. The highest BCUT2D eigenvalue weighted by Gasteiger charge is 2.15. The van der Waals surface area contributed by atoms with Gasteiger partial charge in [0.2, 0.25) is 5.91 Å². The van der Waals surface area contributed by atoms with Gasteiger partial charge in [-0.05, 0) is 25.1 Å². The predicted molar refractivity (Wildman–Crippen MR) is 61.7 cm³/mol. The summed E-state index contributed by atoms with van der Waals surface area (Å²) in [6.07, 6.45) is 0. The van der Waals surface area contributed by atoms with Crippen molar-refractivity contribution in [2.75, 3.05) is 17.8 Å². The van der Waals surface area contributed by atoms with Gasteiger partial charge in [-0.3, -0.25) is 4.79 Å². The van der Waals surface area contributed by atoms with Crippen molar-refractivity contribution in [3.05, 3.63) is 29.6 Å². The zero-order valence-electron chi connectivity index (χ0n) is 9.13. The lowest BCUT2D eigenvalue weighted by molar-refractivity contribution is -0.113. The van der Waals surface area contributed by atoms with Crippen LogP contribution in [0.1, 0.15) is 17.3 Å². The molecule has 0 fully saturated rings. The van der Waals surface area contributed by atoms with Crippen molar-refractivity contribution in [3.8, 4) is 0 Å². The second-order valence-electron chi connectivity index (χ2n) is 3.09. The van der Waals surface area contributed by atoms with E-state index >= 15 is 0 Å². The molecule has 1 amide bonds. The number of amides is 1. The fraction of sp³-hybridized carbons (Fsp3) is 0.273. The Hall–Kier alpha value is -1.62. The van der Waals surface area contributed by atoms with E-state index < -0.39 is 17.7 Å². The number of halogens is 2. The molecule has 92 valence electrons. The van der Waals surface area contributed by atoms with E-state index in [0.717, 1.165) is 12.1 Å². The van der Waals surface area contributed by atoms with Crippen LogP contribution in [0, 0.1) is 5.82 Å². The van der Waals surface area contributed by atoms with Gasteiger partial charge in [-0.1, -0.05) is 0 Å². The number of carbonyl (C=O) groups is 2. The normalized spacial score (nSPS) is 9.82. The van der Waals surface area contributed by atoms with Crippen molar-refractivity contribution in [3.63, 3.8) is 0 Å². The molecule has 0 unspecified atom stereocenters. The number of esters is 1. The predicted octanol–water partition coefficient (Wildman–Crippen LogP) is 2.18. The van der Waals surface area contributed by atoms with Crippen LogP contribution in [0.4, 0.5) is 10.1 Å². The molecule has 1 N–H and O–H groups in total. The van der Waals surface area contributed by atoms with E-state index in [9.17, 15) is 14.0 Å². The Morgan fingerprint density at radius 2 is 2.18 bits per heavy atom. The fourth-order valence-corrected chi connectivity index (χ4v) is 1.25. The smallest absolute Gasteiger partial charge is 0.340 e. The number of ether oxygens (including phenoxy) is 1. The average molecular weight is 260 g/mol. The van der Waals surface area contributed by atoms with Gasteiger partial charge >= 0.3 is 5.97 Å². The molecule has 0 aromatic heterocycles. The molecule has 0 radical (unpaired) electrons. The molecule has 6 heteroatoms. The summed E-state index contributed by atoms with van der Waals surface area (Å²) in [5, 5.41) is 2.39. The van der Waals surface area contributed by atoms with Gasteiger partial charge in [-0.15, -0.1) is 11.6 Å². The molecule has 0 aliphatic heterocycles. The van der Waals surface area contributed by atoms with E-state index in [1.807, 2.05) is 0 Å². The number of alkyl halides is 1. The average Bonchev–Trinajstić information content (AvgIpc) is 2.31. The van der Waals surface area contributed by atoms with Crippen LogP contribution < -0.4 is 5.32 Å². The highest BCUT2D eigenvalue weighted by atomic mass is 35.5. The quantitative estimate of drug-likeness (QED) is 0.666. The van der Waals surface area contributed by atoms with E-state index in [4.69, 9.17) is 16.3 Å². The SMILES string of the molecule is CCOC(=O)c1cc(F)ccc1NC(=O)CCl. The third kappa shape index (κ3) is 3.71. The second-order valence-corrected chi connectivity index (χ2v) is 3.36. The van der Waals surface area contributed by atoms with Gasteiger partial charge in [0.05, 0.1) is 17.9 Å². The van der Waals surface area contributed by atoms with Gasteiger partial charge in [0.25, 0.3) is 0 Å². The van der Waals surface area contributed by atoms with Gasteiger partial charge < -0.3 is 10.1 Å². The maximum atomic E-state index is 13.0. The number of rotatable bonds is 4. The van der Waals surface area contributed by atoms with Crippen molar-refractivity contribution in [2.45, 2.75) is 6.92 Å². The molecule has 17 heavy (non-hydrogen) atoms. The molecular weight excluding hydrogens is 249 g/mol. The molecule has 1 aromatic carbocycles. The standard InChI is InChI=1S/C11H11ClFNO3/c1-2-17-11(16)8-5-7(13)3-4-9(8)14-10(15)6-12/h3-5H,2,6H2,1H3,(H,14,15). The maximum absolute atomic E-state index is 13.0. The zero-order valence-corrected chi connectivity index (χ0v) is 9.88. The van der Waals surface area contributed by atoms with Gasteiger partial charge in [-0.2, -0.15) is 0 Å². The van der Waals surface area contributed by atoms with Crippen LogP contribution in [0.15, 0.2) is 18.2 Å². The monoisotopic (exact) mass is 259 g/mol. The summed E-state index contributed by atoms with van der Waals surface area (Å²) in [5.41, 5.74) is 0.140. The Labute approximate surface area is 103 Å². The molecule has 0 spiro atoms. The summed E-state index contributed by atoms with van der Waals surface area (Å²) >= 11 is 5.32. The molecule has 0 saturated heterocycles. The molecule has 1 rings (SSSR count). The highest BCUT2D eigenvalue weighted by Crippen LogP contribution is 2.18. The summed E-state index contributed by atoms with van der Waals surface area (Å²) < 4.78 is 17.8. The van der Waals surface area contributed by atoms with Crippen LogP contribution in [0.5, 0.6) is 0 Å². The lowest BCUT2D eigenvalue weighted by atomic mass is 10.1. The Morgan fingerprint density at radius 3 is 2.76 bits per heavy atom. The Bertz CT molecular complexity index is 437. The molecule has 0 aliphatic carbocycles. The third-order valence-electron chi connectivity index (χ3n) is 1.87. The minimum atomic E-state index is -0.697. The number of benzene rings is 1. The first-order chi connectivity index (χ1) is 8.08. The van der Waals surface area contributed by atoms with Crippen molar-refractivity contribution < 1.29 is 18.7 Å². The summed E-state index contributed by atoms with van der Waals surface area (Å²) in [6.45, 7) is 1.80. The lowest BCUT2D eigenvalue weighted by Gasteiger charge is -2.09. The van der Waals surface area contributed by atoms with Crippen molar-refractivity contribution in [1.29, 1.82) is 0 Å². The molecule has 1 aromatic rings. The van der Waals surface area contributed by atoms with E-state index in [-0.39, 0.29) is 23.7 Å². The Kier molecular flexibility index (Phi) is 4.90. The fourth-order valence-electron chi connectivity index (χ4n) is 1.19. The first-order valence-corrected chi connectivity index (χ1v) is 5.44. The molecule has 0 bridgehead atoms. The van der Waals surface area contributed by atoms with Crippen molar-refractivity contribution in [2.24, 2.45) is 0 Å². The van der Waals surface area contributed by atoms with Crippen LogP contribution in [0.3, 0.4) is 0 Å². The van der Waals surface area contributed by atoms with Gasteiger partial charge in [-0.25, -0.2) is 9.18 Å². The van der Waals surface area contributed by atoms with Gasteiger partial charge in [0, 0.05) is 0 Å². The lowest BCUT2D eigenvalue weighted by Crippen LogP contribution is -2.16. The number of nitrogens with one attached hydrogen (secondary N) is 1. The zero-order chi connectivity index (χ0) is 12.8. The summed E-state index contributed by atoms with van der Waals surface area (Å²) in [6, 6.07) is 3.42. The van der Waals surface area contributed by atoms with Crippen LogP contribution in [0.2, 0.25) is 0 Å². The molecule has 0 aliphatic rings. The van der Waals surface area contributed by atoms with Crippen LogP contribution in [-0.4, -0.2) is 24.4 Å². The first-order valence-electron chi connectivity index (χ1n) is 4.91. The number of hydrogen-bond donors (Lipinski definition) is 1. The van der Waals surface area contributed by atoms with Crippen LogP contribution in [-0.2, 0) is 9.53 Å². The van der Waals surface area contributed by atoms with E-state index in [2.05, 4.69) is 5.32 Å². The minimum Gasteiger partial charge on any atom is -0.462 e. The summed E-state index contributed by atoms with van der Waals surface area (Å²) in [5.74, 6) is -2.02. The number of hydrogen-bond acceptors (Lipinski definition) is 3. The topological polar surface area (TPSA) is 55.4 Å². The number of anilines is 1. The molecular formula is C11H11ClFNO3. The maximum Gasteiger partial charge on any atom is 0.340 e. The van der Waals surface area contributed by atoms with Crippen LogP contribution in [0.25, 0.3) is 0 Å². The first kappa shape index (κ1) is 13.4. The van der Waals surface area contributed by atoms with Crippen LogP contribution >= 0.6 is 11.6 Å². The molecule has 0 heterocycles. The summed E-state index contributed by atoms with van der Waals surface area (Å²) in [4.78, 5) is 22.6. The van der Waals surface area contributed by atoms with Gasteiger partial charge in [0.1, 0.15) is 11.7 Å². The largest absolute Gasteiger partial charge is 0.462 e. The summed E-state index contributed by atoms with van der Waals surface area (Å²) in [7, 11) is 0.